The summed E-state index contributed by atoms with van der Waals surface area (Å²) >= 11 is 0. The summed E-state index contributed by atoms with van der Waals surface area (Å²) in [6.45, 7) is 2.57. The number of hydrogen-bond donors (Lipinski definition) is 1. The standard InChI is InChI=1S/C18H17N3O3/c1-11-6-7-12-13(10-11)20-17(19-12)14-4-2-8-21(14)18(23)16(22)15-5-3-9-24-15/h3,5-7,9-10,14H,2,4,8H2,1H3,(H,19,20). The van der Waals surface area contributed by atoms with Crippen LogP contribution < -0.4 is 0 Å². The molecular weight excluding hydrogens is 306 g/mol. The molecule has 1 saturated heterocycles. The molecule has 0 radical (unpaired) electrons. The third-order valence-corrected chi connectivity index (χ3v) is 4.42. The Bertz CT molecular complexity index is 911. The highest BCUT2D eigenvalue weighted by Gasteiger charge is 2.36. The van der Waals surface area contributed by atoms with Gasteiger partial charge in [0.05, 0.1) is 23.3 Å². The van der Waals surface area contributed by atoms with Gasteiger partial charge in [-0.1, -0.05) is 6.07 Å². The molecule has 24 heavy (non-hydrogen) atoms. The number of aryl methyl sites for hydroxylation is 1. The van der Waals surface area contributed by atoms with Gasteiger partial charge in [-0.15, -0.1) is 0 Å². The van der Waals surface area contributed by atoms with Crippen LogP contribution in [0.3, 0.4) is 0 Å². The van der Waals surface area contributed by atoms with Crippen molar-refractivity contribution in [2.75, 3.05) is 6.54 Å². The topological polar surface area (TPSA) is 79.2 Å². The second-order valence-electron chi connectivity index (χ2n) is 6.11. The van der Waals surface area contributed by atoms with E-state index in [4.69, 9.17) is 4.42 Å². The smallest absolute Gasteiger partial charge is 0.298 e. The van der Waals surface area contributed by atoms with Gasteiger partial charge in [0.2, 0.25) is 0 Å². The van der Waals surface area contributed by atoms with Crippen LogP contribution in [0.25, 0.3) is 11.0 Å². The third kappa shape index (κ3) is 2.40. The molecule has 2 aromatic heterocycles. The normalized spacial score (nSPS) is 17.5. The van der Waals surface area contributed by atoms with Gasteiger partial charge in [-0.3, -0.25) is 9.59 Å². The Hall–Kier alpha value is -2.89. The molecule has 6 nitrogen and oxygen atoms in total. The Labute approximate surface area is 138 Å². The number of nitrogens with one attached hydrogen (secondary N) is 1. The average molecular weight is 323 g/mol. The highest BCUT2D eigenvalue weighted by molar-refractivity contribution is 6.42. The van der Waals surface area contributed by atoms with Crippen LogP contribution in [0.2, 0.25) is 0 Å². The number of amides is 1. The molecule has 1 aliphatic heterocycles. The van der Waals surface area contributed by atoms with E-state index in [0.29, 0.717) is 6.54 Å². The summed E-state index contributed by atoms with van der Waals surface area (Å²) < 4.78 is 5.06. The SMILES string of the molecule is Cc1ccc2nc(C3CCCN3C(=O)C(=O)c3ccco3)[nH]c2c1. The van der Waals surface area contributed by atoms with E-state index in [9.17, 15) is 9.59 Å². The summed E-state index contributed by atoms with van der Waals surface area (Å²) in [5, 5.41) is 0. The highest BCUT2D eigenvalue weighted by atomic mass is 16.3. The number of furan rings is 1. The number of H-pyrrole nitrogens is 1. The van der Waals surface area contributed by atoms with E-state index in [2.05, 4.69) is 9.97 Å². The second-order valence-corrected chi connectivity index (χ2v) is 6.11. The number of carbonyl (C=O) groups excluding carboxylic acids is 2. The largest absolute Gasteiger partial charge is 0.461 e. The monoisotopic (exact) mass is 323 g/mol. The molecule has 1 aromatic carbocycles. The van der Waals surface area contributed by atoms with E-state index in [0.717, 1.165) is 35.3 Å². The van der Waals surface area contributed by atoms with E-state index < -0.39 is 11.7 Å². The number of likely N-dealkylation sites (tertiary alicyclic amines) is 1. The fraction of sp³-hybridized carbons (Fsp3) is 0.278. The molecule has 1 amide bonds. The summed E-state index contributed by atoms with van der Waals surface area (Å²) in [6.07, 6.45) is 3.03. The molecule has 4 rings (SSSR count). The Balaban J connectivity index is 1.64. The Morgan fingerprint density at radius 1 is 1.33 bits per heavy atom. The van der Waals surface area contributed by atoms with Crippen molar-refractivity contribution >= 4 is 22.7 Å². The van der Waals surface area contributed by atoms with Crippen molar-refractivity contribution < 1.29 is 14.0 Å². The summed E-state index contributed by atoms with van der Waals surface area (Å²) in [5.74, 6) is -0.345. The van der Waals surface area contributed by atoms with E-state index in [1.807, 2.05) is 25.1 Å². The van der Waals surface area contributed by atoms with Crippen LogP contribution >= 0.6 is 0 Å². The number of benzene rings is 1. The average Bonchev–Trinajstić information content (AvgIpc) is 3.30. The molecule has 0 aliphatic carbocycles. The quantitative estimate of drug-likeness (QED) is 0.593. The number of carbonyl (C=O) groups is 2. The molecule has 3 heterocycles. The number of ketones is 1. The second kappa shape index (κ2) is 5.63. The maximum absolute atomic E-state index is 12.6. The Morgan fingerprint density at radius 2 is 2.21 bits per heavy atom. The molecule has 1 aliphatic rings. The molecule has 1 unspecified atom stereocenters. The van der Waals surface area contributed by atoms with Gasteiger partial charge in [-0.25, -0.2) is 4.98 Å². The van der Waals surface area contributed by atoms with Crippen molar-refractivity contribution in [2.24, 2.45) is 0 Å². The summed E-state index contributed by atoms with van der Waals surface area (Å²) in [5.41, 5.74) is 2.96. The van der Waals surface area contributed by atoms with E-state index in [1.165, 1.54) is 12.3 Å². The number of fused-ring (bicyclic) bond motifs is 1. The van der Waals surface area contributed by atoms with E-state index in [-0.39, 0.29) is 11.8 Å². The van der Waals surface area contributed by atoms with E-state index >= 15 is 0 Å². The maximum atomic E-state index is 12.6. The maximum Gasteiger partial charge on any atom is 0.298 e. The molecule has 0 spiro atoms. The minimum Gasteiger partial charge on any atom is -0.461 e. The third-order valence-electron chi connectivity index (χ3n) is 4.42. The van der Waals surface area contributed by atoms with Crippen LogP contribution in [0, 0.1) is 6.92 Å². The van der Waals surface area contributed by atoms with Crippen molar-refractivity contribution in [1.82, 2.24) is 14.9 Å². The molecule has 122 valence electrons. The fourth-order valence-electron chi connectivity index (χ4n) is 3.24. The van der Waals surface area contributed by atoms with Gasteiger partial charge in [0.25, 0.3) is 11.7 Å². The van der Waals surface area contributed by atoms with Crippen LogP contribution in [0.4, 0.5) is 0 Å². The lowest BCUT2D eigenvalue weighted by molar-refractivity contribution is -0.127. The first-order chi connectivity index (χ1) is 11.6. The number of aromatic amines is 1. The van der Waals surface area contributed by atoms with E-state index in [1.54, 1.807) is 11.0 Å². The first-order valence-corrected chi connectivity index (χ1v) is 7.98. The number of imidazole rings is 1. The van der Waals surface area contributed by atoms with Gasteiger partial charge in [0.1, 0.15) is 5.82 Å². The van der Waals surface area contributed by atoms with Crippen molar-refractivity contribution in [2.45, 2.75) is 25.8 Å². The van der Waals surface area contributed by atoms with Gasteiger partial charge in [0.15, 0.2) is 5.76 Å². The van der Waals surface area contributed by atoms with Gasteiger partial charge < -0.3 is 14.3 Å². The predicted octanol–water partition coefficient (Wildman–Crippen LogP) is 3.01. The number of nitrogens with zero attached hydrogens (tertiary/aromatic N) is 2. The van der Waals surface area contributed by atoms with Gasteiger partial charge in [-0.2, -0.15) is 0 Å². The molecule has 1 atom stereocenters. The van der Waals surface area contributed by atoms with Crippen LogP contribution in [-0.4, -0.2) is 33.1 Å². The van der Waals surface area contributed by atoms with Gasteiger partial charge >= 0.3 is 0 Å². The molecule has 3 aromatic rings. The molecule has 1 N–H and O–H groups in total. The fourth-order valence-corrected chi connectivity index (χ4v) is 3.24. The van der Waals surface area contributed by atoms with Crippen molar-refractivity contribution in [3.63, 3.8) is 0 Å². The van der Waals surface area contributed by atoms with Crippen molar-refractivity contribution in [3.8, 4) is 0 Å². The van der Waals surface area contributed by atoms with Gasteiger partial charge in [-0.05, 0) is 49.6 Å². The summed E-state index contributed by atoms with van der Waals surface area (Å²) in [7, 11) is 0. The zero-order chi connectivity index (χ0) is 16.7. The number of Topliss-reactive ketones (excluding diaryl/α,β-unsaturated/α-hetero) is 1. The first kappa shape index (κ1) is 14.7. The minimum atomic E-state index is -0.612. The zero-order valence-corrected chi connectivity index (χ0v) is 13.3. The predicted molar refractivity (Wildman–Crippen MR) is 87.6 cm³/mol. The number of hydrogen-bond acceptors (Lipinski definition) is 4. The Morgan fingerprint density at radius 3 is 3.00 bits per heavy atom. The van der Waals surface area contributed by atoms with Crippen molar-refractivity contribution in [3.05, 3.63) is 53.7 Å². The van der Waals surface area contributed by atoms with Crippen molar-refractivity contribution in [1.29, 1.82) is 0 Å². The summed E-state index contributed by atoms with van der Waals surface area (Å²) in [4.78, 5) is 34.3. The van der Waals surface area contributed by atoms with Crippen LogP contribution in [-0.2, 0) is 4.79 Å². The molecular formula is C18H17N3O3. The van der Waals surface area contributed by atoms with Gasteiger partial charge in [0, 0.05) is 6.54 Å². The molecule has 6 heteroatoms. The number of aromatic nitrogens is 2. The number of rotatable bonds is 3. The lowest BCUT2D eigenvalue weighted by Crippen LogP contribution is -2.36. The summed E-state index contributed by atoms with van der Waals surface area (Å²) in [6, 6.07) is 8.90. The molecule has 1 fully saturated rings. The molecule has 0 bridgehead atoms. The lowest BCUT2D eigenvalue weighted by Gasteiger charge is -2.21. The zero-order valence-electron chi connectivity index (χ0n) is 13.3. The first-order valence-electron chi connectivity index (χ1n) is 7.98. The van der Waals surface area contributed by atoms with Crippen LogP contribution in [0.1, 0.15) is 40.8 Å². The molecule has 0 saturated carbocycles. The Kier molecular flexibility index (Phi) is 3.45. The lowest BCUT2D eigenvalue weighted by atomic mass is 10.2. The minimum absolute atomic E-state index is 0.0749. The highest BCUT2D eigenvalue weighted by Crippen LogP contribution is 2.32. The van der Waals surface area contributed by atoms with Crippen LogP contribution in [0.15, 0.2) is 41.0 Å². The van der Waals surface area contributed by atoms with Crippen LogP contribution in [0.5, 0.6) is 0 Å².